The van der Waals surface area contributed by atoms with Crippen LogP contribution in [0.3, 0.4) is 0 Å². The Morgan fingerprint density at radius 3 is 1.42 bits per heavy atom. The first-order chi connectivity index (χ1) is 51.5. The summed E-state index contributed by atoms with van der Waals surface area (Å²) < 4.78 is 89.6. The first-order valence-corrected chi connectivity index (χ1v) is 37.8. The average Bonchev–Trinajstić information content (AvgIpc) is 1.55. The second-order valence-corrected chi connectivity index (χ2v) is 32.7. The highest BCUT2D eigenvalue weighted by molar-refractivity contribution is 5.87. The largest absolute Gasteiger partial charge is 0.394 e. The highest BCUT2D eigenvalue weighted by Gasteiger charge is 2.72. The number of carbonyl (C=O) groups is 1. The summed E-state index contributed by atoms with van der Waals surface area (Å²) in [6, 6.07) is 0. The molecule has 630 valence electrons. The Kier molecular flexibility index (Phi) is 27.4. The molecule has 24 N–H and O–H groups in total. The van der Waals surface area contributed by atoms with E-state index in [9.17, 15) is 123 Å². The lowest BCUT2D eigenvalue weighted by Crippen LogP contribution is -2.69. The number of ketones is 1. The Labute approximate surface area is 625 Å². The number of rotatable bonds is 24. The summed E-state index contributed by atoms with van der Waals surface area (Å²) in [6.07, 6.45) is -66.1. The zero-order valence-electron chi connectivity index (χ0n) is 60.9. The zero-order chi connectivity index (χ0) is 79.3. The molecule has 0 aromatic rings. The molecule has 0 bridgehead atoms. The number of fused-ring (bicyclic) bond motifs is 7. The summed E-state index contributed by atoms with van der Waals surface area (Å²) in [5.74, 6) is -3.70. The molecule has 0 radical (unpaired) electrons. The van der Waals surface area contributed by atoms with Crippen molar-refractivity contribution in [2.75, 3.05) is 46.2 Å². The van der Waals surface area contributed by atoms with E-state index in [1.807, 2.05) is 20.8 Å². The maximum atomic E-state index is 15.0. The van der Waals surface area contributed by atoms with Crippen LogP contribution in [0, 0.1) is 52.3 Å². The van der Waals surface area contributed by atoms with Gasteiger partial charge in [0, 0.05) is 30.1 Å². The van der Waals surface area contributed by atoms with E-state index in [2.05, 4.69) is 6.92 Å². The SMILES string of the molecule is CC(CCC1(O)OC2CC3C4CC(O)C5CC(OC6OC(CO)C(OC7OC(CO)C(O)C(OC8OC(CO)C(OC9OC(C)C(O)C(O)C9O)C(O)C8O)C7OC7OC(CO)C(O)C(OC8OC(CO)C(O)C(O)C8O)C7O)C(O)C6O)CCC5(C)C4CC(=O)C3(C)C2C1C)COC1OC(CO)C(O)C(O)C1O. The zero-order valence-corrected chi connectivity index (χ0v) is 60.9. The predicted molar refractivity (Wildman–Crippen MR) is 350 cm³/mol. The maximum Gasteiger partial charge on any atom is 0.187 e. The lowest BCUT2D eigenvalue weighted by molar-refractivity contribution is -0.414. The van der Waals surface area contributed by atoms with Crippen molar-refractivity contribution in [1.82, 2.24) is 0 Å². The van der Waals surface area contributed by atoms with Gasteiger partial charge in [-0.25, -0.2) is 0 Å². The topological polar surface area (TPSA) is 641 Å². The molecule has 8 aliphatic heterocycles. The molecule has 8 heterocycles. The summed E-state index contributed by atoms with van der Waals surface area (Å²) in [7, 11) is 0. The van der Waals surface area contributed by atoms with Gasteiger partial charge < -0.3 is 194 Å². The summed E-state index contributed by atoms with van der Waals surface area (Å²) in [4.78, 5) is 15.0. The number of carbonyl (C=O) groups excluding carboxylic acids is 1. The Morgan fingerprint density at radius 1 is 0.431 bits per heavy atom. The maximum absolute atomic E-state index is 15.0. The molecule has 12 fully saturated rings. The highest BCUT2D eigenvalue weighted by atomic mass is 16.8. The third-order valence-corrected chi connectivity index (χ3v) is 26.3. The van der Waals surface area contributed by atoms with Gasteiger partial charge in [0.25, 0.3) is 0 Å². The van der Waals surface area contributed by atoms with E-state index in [0.717, 1.165) is 0 Å². The third kappa shape index (κ3) is 16.0. The van der Waals surface area contributed by atoms with Crippen molar-refractivity contribution in [2.24, 2.45) is 52.3 Å². The van der Waals surface area contributed by atoms with Crippen LogP contribution in [0.4, 0.5) is 0 Å². The molecule has 40 nitrogen and oxygen atoms in total. The number of hydrogen-bond donors (Lipinski definition) is 24. The van der Waals surface area contributed by atoms with Crippen molar-refractivity contribution in [3.8, 4) is 0 Å². The molecule has 4 aliphatic carbocycles. The van der Waals surface area contributed by atoms with Crippen LogP contribution in [0.5, 0.6) is 0 Å². The average molecular weight is 1580 g/mol. The van der Waals surface area contributed by atoms with Crippen molar-refractivity contribution < 1.29 is 198 Å². The van der Waals surface area contributed by atoms with Gasteiger partial charge >= 0.3 is 0 Å². The Bertz CT molecular complexity index is 2950. The fourth-order valence-corrected chi connectivity index (χ4v) is 19.8. The van der Waals surface area contributed by atoms with E-state index in [0.29, 0.717) is 32.1 Å². The molecule has 0 aromatic heterocycles. The van der Waals surface area contributed by atoms with Crippen molar-refractivity contribution in [3.05, 3.63) is 0 Å². The fourth-order valence-electron chi connectivity index (χ4n) is 19.8. The number of aliphatic hydroxyl groups excluding tert-OH is 23. The molecule has 0 spiro atoms. The van der Waals surface area contributed by atoms with Crippen LogP contribution in [0.1, 0.15) is 86.0 Å². The predicted octanol–water partition coefficient (Wildman–Crippen LogP) is -11.3. The van der Waals surface area contributed by atoms with Crippen molar-refractivity contribution in [1.29, 1.82) is 0 Å². The Hall–Kier alpha value is -1.89. The first-order valence-electron chi connectivity index (χ1n) is 37.8. The minimum atomic E-state index is -2.34. The van der Waals surface area contributed by atoms with E-state index in [1.54, 1.807) is 0 Å². The van der Waals surface area contributed by atoms with Gasteiger partial charge in [-0.1, -0.05) is 27.7 Å². The molecule has 12 aliphatic rings. The quantitative estimate of drug-likeness (QED) is 0.0399. The molecule has 109 heavy (non-hydrogen) atoms. The second-order valence-electron chi connectivity index (χ2n) is 32.7. The fraction of sp³-hybridized carbons (Fsp3) is 0.986. The molecule has 12 rings (SSSR count). The van der Waals surface area contributed by atoms with Crippen LogP contribution < -0.4 is 0 Å². The normalized spacial score (nSPS) is 55.4. The van der Waals surface area contributed by atoms with E-state index in [-0.39, 0.29) is 61.2 Å². The van der Waals surface area contributed by atoms with E-state index < -0.39 is 301 Å². The van der Waals surface area contributed by atoms with Crippen LogP contribution >= 0.6 is 0 Å². The van der Waals surface area contributed by atoms with Gasteiger partial charge in [0.15, 0.2) is 49.8 Å². The molecular weight excluding hydrogens is 1470 g/mol. The molecule has 48 atom stereocenters. The molecule has 8 saturated heterocycles. The lowest BCUT2D eigenvalue weighted by Gasteiger charge is -2.62. The Morgan fingerprint density at radius 2 is 0.862 bits per heavy atom. The standard InChI is InChI=1S/C69H114O40/c1-21(20-95-60-49(88)45(84)40(79)31(14-70)98-60)6-9-69(94)22(2)38-30(109-69)12-27-25-11-29(76)28-10-24(7-8-67(28,4)26(25)13-37(77)68(27,38)5)97-62-52(91)47(86)56(36(19-75)102-62)105-66-59(108-65-54(93)57(42(81)33(16-72)100-65)106-63-51(90)46(85)41(80)32(15-71)99-63)58(43(82)34(17-73)101-66)107-64-53(92)48(87)55(35(18-74)103-64)104-61-50(89)44(83)39(78)23(3)96-61/h21-36,38-66,70-76,78-94H,6-20H2,1-5H3. The van der Waals surface area contributed by atoms with E-state index in [4.69, 9.17) is 71.1 Å². The third-order valence-electron chi connectivity index (χ3n) is 26.3. The van der Waals surface area contributed by atoms with Crippen molar-refractivity contribution >= 4 is 5.78 Å². The minimum absolute atomic E-state index is 0.0233. The summed E-state index contributed by atoms with van der Waals surface area (Å²) in [6.45, 7) is 3.28. The summed E-state index contributed by atoms with van der Waals surface area (Å²) in [5, 5.41) is 265. The highest BCUT2D eigenvalue weighted by Crippen LogP contribution is 2.70. The van der Waals surface area contributed by atoms with E-state index in [1.165, 1.54) is 6.92 Å². The van der Waals surface area contributed by atoms with Crippen LogP contribution in [0.25, 0.3) is 0 Å². The van der Waals surface area contributed by atoms with Crippen LogP contribution in [0.2, 0.25) is 0 Å². The van der Waals surface area contributed by atoms with Gasteiger partial charge in [-0.15, -0.1) is 0 Å². The molecule has 40 heteroatoms. The Balaban J connectivity index is 0.731. The number of Topliss-reactive ketones (excluding diaryl/α,β-unsaturated/α-hetero) is 1. The van der Waals surface area contributed by atoms with Gasteiger partial charge in [-0.05, 0) is 80.5 Å². The van der Waals surface area contributed by atoms with Crippen molar-refractivity contribution in [2.45, 2.75) is 325 Å². The van der Waals surface area contributed by atoms with Crippen LogP contribution in [-0.4, -0.2) is 414 Å². The monoisotopic (exact) mass is 1580 g/mol. The molecule has 4 saturated carbocycles. The number of hydrogen-bond acceptors (Lipinski definition) is 40. The van der Waals surface area contributed by atoms with Crippen molar-refractivity contribution in [3.63, 3.8) is 0 Å². The van der Waals surface area contributed by atoms with Crippen LogP contribution in [-0.2, 0) is 75.8 Å². The lowest BCUT2D eigenvalue weighted by atomic mass is 9.43. The molecule has 48 unspecified atom stereocenters. The van der Waals surface area contributed by atoms with Gasteiger partial charge in [0.1, 0.15) is 171 Å². The molecule has 0 aromatic carbocycles. The van der Waals surface area contributed by atoms with Gasteiger partial charge in [-0.2, -0.15) is 0 Å². The number of ether oxygens (including phenoxy) is 15. The minimum Gasteiger partial charge on any atom is -0.394 e. The van der Waals surface area contributed by atoms with Crippen LogP contribution in [0.15, 0.2) is 0 Å². The first kappa shape index (κ1) is 86.5. The second kappa shape index (κ2) is 34.6. The number of aliphatic hydroxyl groups is 24. The van der Waals surface area contributed by atoms with Gasteiger partial charge in [0.05, 0.1) is 70.7 Å². The molecule has 0 amide bonds. The molecular formula is C69H114O40. The summed E-state index contributed by atoms with van der Waals surface area (Å²) in [5.41, 5.74) is -1.55. The van der Waals surface area contributed by atoms with Gasteiger partial charge in [-0.3, -0.25) is 4.79 Å². The van der Waals surface area contributed by atoms with E-state index >= 15 is 4.79 Å². The smallest absolute Gasteiger partial charge is 0.187 e. The summed E-state index contributed by atoms with van der Waals surface area (Å²) >= 11 is 0. The van der Waals surface area contributed by atoms with Gasteiger partial charge in [0.2, 0.25) is 0 Å².